The van der Waals surface area contributed by atoms with Gasteiger partial charge in [-0.3, -0.25) is 4.79 Å². The normalized spacial score (nSPS) is 12.3. The third-order valence-electron chi connectivity index (χ3n) is 4.13. The number of nitrogen functional groups attached to an aromatic ring is 1. The van der Waals surface area contributed by atoms with Crippen molar-refractivity contribution in [2.45, 2.75) is 13.1 Å². The number of nitrogens with zero attached hydrogens (tertiary/aromatic N) is 1. The Kier molecular flexibility index (Phi) is 3.76. The first-order chi connectivity index (χ1) is 11.1. The third-order valence-corrected chi connectivity index (χ3v) is 4.13. The van der Waals surface area contributed by atoms with Gasteiger partial charge in [-0.1, -0.05) is 43.0 Å². The Labute approximate surface area is 135 Å². The van der Waals surface area contributed by atoms with Crippen LogP contribution in [0.25, 0.3) is 10.9 Å². The lowest BCUT2D eigenvalue weighted by Gasteiger charge is -2.13. The molecule has 2 aromatic carbocycles. The van der Waals surface area contributed by atoms with Gasteiger partial charge in [-0.15, -0.1) is 0 Å². The summed E-state index contributed by atoms with van der Waals surface area (Å²) in [6, 6.07) is 14.8. The molecule has 3 aromatic rings. The second-order valence-electron chi connectivity index (χ2n) is 5.49. The van der Waals surface area contributed by atoms with Crippen LogP contribution in [0.4, 0.5) is 5.69 Å². The van der Waals surface area contributed by atoms with Crippen molar-refractivity contribution < 1.29 is 4.79 Å². The van der Waals surface area contributed by atoms with Crippen molar-refractivity contribution in [3.05, 3.63) is 78.0 Å². The molecule has 0 aliphatic carbocycles. The molecule has 1 heterocycles. The number of nitrogens with two attached hydrogens (primary N) is 2. The number of aromatic nitrogens is 1. The molecule has 23 heavy (non-hydrogen) atoms. The Morgan fingerprint density at radius 2 is 1.83 bits per heavy atom. The molecule has 4 N–H and O–H groups in total. The van der Waals surface area contributed by atoms with E-state index in [1.807, 2.05) is 47.9 Å². The van der Waals surface area contributed by atoms with Crippen LogP contribution in [0.1, 0.15) is 27.8 Å². The molecular formula is C19H19N3O. The first-order valence-electron chi connectivity index (χ1n) is 7.43. The molecule has 0 amide bonds. The monoisotopic (exact) mass is 305 g/mol. The minimum atomic E-state index is -0.394. The Balaban J connectivity index is 2.30. The van der Waals surface area contributed by atoms with Crippen molar-refractivity contribution in [3.63, 3.8) is 0 Å². The minimum Gasteiger partial charge on any atom is -0.398 e. The maximum Gasteiger partial charge on any atom is 0.197 e. The first kappa shape index (κ1) is 15.1. The Bertz CT molecular complexity index is 908. The van der Waals surface area contributed by atoms with Gasteiger partial charge in [-0.2, -0.15) is 0 Å². The molecule has 0 fully saturated rings. The van der Waals surface area contributed by atoms with Gasteiger partial charge >= 0.3 is 0 Å². The zero-order chi connectivity index (χ0) is 16.6. The quantitative estimate of drug-likeness (QED) is 0.441. The summed E-state index contributed by atoms with van der Waals surface area (Å²) in [5.74, 6) is -0.0909. The summed E-state index contributed by atoms with van der Waals surface area (Å²) in [6.45, 7) is 5.66. The fraction of sp³-hybridized carbons (Fsp3) is 0.105. The molecule has 3 rings (SSSR count). The van der Waals surface area contributed by atoms with Gasteiger partial charge in [-0.05, 0) is 25.1 Å². The van der Waals surface area contributed by atoms with Crippen LogP contribution < -0.4 is 11.5 Å². The lowest BCUT2D eigenvalue weighted by molar-refractivity contribution is 0.104. The Morgan fingerprint density at radius 1 is 1.17 bits per heavy atom. The third kappa shape index (κ3) is 2.33. The van der Waals surface area contributed by atoms with Crippen LogP contribution in [-0.4, -0.2) is 10.4 Å². The van der Waals surface area contributed by atoms with Crippen LogP contribution in [0.5, 0.6) is 0 Å². The zero-order valence-electron chi connectivity index (χ0n) is 13.0. The number of rotatable bonds is 4. The van der Waals surface area contributed by atoms with E-state index in [1.165, 1.54) is 0 Å². The van der Waals surface area contributed by atoms with E-state index in [0.717, 1.165) is 16.6 Å². The predicted octanol–water partition coefficient (Wildman–Crippen LogP) is 3.41. The molecule has 0 saturated carbocycles. The van der Waals surface area contributed by atoms with Gasteiger partial charge in [-0.25, -0.2) is 0 Å². The number of para-hydroxylation sites is 2. The first-order valence-corrected chi connectivity index (χ1v) is 7.43. The lowest BCUT2D eigenvalue weighted by atomic mass is 9.99. The molecule has 4 heteroatoms. The SMILES string of the molecule is C=CC(N)n1c(C)c(C(=O)c2ccccc2N)c2ccccc21. The van der Waals surface area contributed by atoms with Gasteiger partial charge in [0, 0.05) is 22.3 Å². The van der Waals surface area contributed by atoms with Gasteiger partial charge in [0.1, 0.15) is 6.17 Å². The van der Waals surface area contributed by atoms with Crippen LogP contribution in [0.3, 0.4) is 0 Å². The number of hydrogen-bond acceptors (Lipinski definition) is 3. The molecule has 0 aliphatic rings. The molecule has 1 unspecified atom stereocenters. The number of hydrogen-bond donors (Lipinski definition) is 2. The van der Waals surface area contributed by atoms with Crippen LogP contribution in [0.2, 0.25) is 0 Å². The molecule has 116 valence electrons. The number of ketones is 1. The molecular weight excluding hydrogens is 286 g/mol. The smallest absolute Gasteiger partial charge is 0.197 e. The van der Waals surface area contributed by atoms with E-state index in [9.17, 15) is 4.79 Å². The van der Waals surface area contributed by atoms with Crippen LogP contribution in [0.15, 0.2) is 61.2 Å². The van der Waals surface area contributed by atoms with Crippen molar-refractivity contribution in [3.8, 4) is 0 Å². The molecule has 0 spiro atoms. The Hall–Kier alpha value is -2.85. The van der Waals surface area contributed by atoms with E-state index in [-0.39, 0.29) is 5.78 Å². The zero-order valence-corrected chi connectivity index (χ0v) is 13.0. The van der Waals surface area contributed by atoms with Gasteiger partial charge in [0.25, 0.3) is 0 Å². The van der Waals surface area contributed by atoms with Crippen LogP contribution >= 0.6 is 0 Å². The number of benzene rings is 2. The number of carbonyl (C=O) groups is 1. The van der Waals surface area contributed by atoms with Gasteiger partial charge in [0.15, 0.2) is 5.78 Å². The molecule has 0 aliphatic heterocycles. The summed E-state index contributed by atoms with van der Waals surface area (Å²) in [4.78, 5) is 13.1. The van der Waals surface area contributed by atoms with Gasteiger partial charge in [0.05, 0.1) is 11.1 Å². The van der Waals surface area contributed by atoms with E-state index >= 15 is 0 Å². The highest BCUT2D eigenvalue weighted by Gasteiger charge is 2.23. The average molecular weight is 305 g/mol. The summed E-state index contributed by atoms with van der Waals surface area (Å²) >= 11 is 0. The van der Waals surface area contributed by atoms with E-state index in [2.05, 4.69) is 6.58 Å². The maximum absolute atomic E-state index is 13.1. The average Bonchev–Trinajstić information content (AvgIpc) is 2.86. The van der Waals surface area contributed by atoms with E-state index in [1.54, 1.807) is 18.2 Å². The van der Waals surface area contributed by atoms with Crippen molar-refractivity contribution in [2.75, 3.05) is 5.73 Å². The van der Waals surface area contributed by atoms with Gasteiger partial charge < -0.3 is 16.0 Å². The minimum absolute atomic E-state index is 0.0909. The van der Waals surface area contributed by atoms with Gasteiger partial charge in [0.2, 0.25) is 0 Å². The lowest BCUT2D eigenvalue weighted by Crippen LogP contribution is -2.17. The van der Waals surface area contributed by atoms with Crippen molar-refractivity contribution >= 4 is 22.4 Å². The largest absolute Gasteiger partial charge is 0.398 e. The summed E-state index contributed by atoms with van der Waals surface area (Å²) < 4.78 is 1.93. The fourth-order valence-electron chi connectivity index (χ4n) is 3.01. The summed E-state index contributed by atoms with van der Waals surface area (Å²) in [5, 5.41) is 0.871. The second-order valence-corrected chi connectivity index (χ2v) is 5.49. The fourth-order valence-corrected chi connectivity index (χ4v) is 3.01. The van der Waals surface area contributed by atoms with Crippen LogP contribution in [-0.2, 0) is 0 Å². The standard InChI is InChI=1S/C19H19N3O/c1-3-17(21)22-12(2)18(14-9-5-7-11-16(14)22)19(23)13-8-4-6-10-15(13)20/h3-11,17H,1,20-21H2,2H3. The molecule has 0 saturated heterocycles. The summed E-state index contributed by atoms with van der Waals surface area (Å²) in [6.07, 6.45) is 1.26. The number of anilines is 1. The highest BCUT2D eigenvalue weighted by atomic mass is 16.1. The molecule has 1 aromatic heterocycles. The van der Waals surface area contributed by atoms with E-state index in [4.69, 9.17) is 11.5 Å². The summed E-state index contributed by atoms with van der Waals surface area (Å²) in [5.41, 5.74) is 15.5. The molecule has 4 nitrogen and oxygen atoms in total. The van der Waals surface area contributed by atoms with Crippen molar-refractivity contribution in [2.24, 2.45) is 5.73 Å². The maximum atomic E-state index is 13.1. The highest BCUT2D eigenvalue weighted by molar-refractivity contribution is 6.19. The summed E-state index contributed by atoms with van der Waals surface area (Å²) in [7, 11) is 0. The van der Waals surface area contributed by atoms with Crippen molar-refractivity contribution in [1.29, 1.82) is 0 Å². The topological polar surface area (TPSA) is 74.0 Å². The molecule has 1 atom stereocenters. The number of fused-ring (bicyclic) bond motifs is 1. The highest BCUT2D eigenvalue weighted by Crippen LogP contribution is 2.31. The van der Waals surface area contributed by atoms with Crippen LogP contribution in [0, 0.1) is 6.92 Å². The molecule has 0 bridgehead atoms. The second kappa shape index (κ2) is 5.74. The Morgan fingerprint density at radius 3 is 2.52 bits per heavy atom. The van der Waals surface area contributed by atoms with E-state index < -0.39 is 6.17 Å². The predicted molar refractivity (Wildman–Crippen MR) is 94.4 cm³/mol. The van der Waals surface area contributed by atoms with E-state index in [0.29, 0.717) is 16.8 Å². The molecule has 0 radical (unpaired) electrons. The number of carbonyl (C=O) groups excluding carboxylic acids is 1. The van der Waals surface area contributed by atoms with Crippen molar-refractivity contribution in [1.82, 2.24) is 4.57 Å².